The average molecular weight is 246 g/mol. The molecule has 2 aromatic carbocycles. The van der Waals surface area contributed by atoms with Crippen LogP contribution in [0.2, 0.25) is 0 Å². The molecule has 0 aliphatic rings. The second-order valence-corrected chi connectivity index (χ2v) is 4.31. The lowest BCUT2D eigenvalue weighted by Crippen LogP contribution is -2.18. The highest BCUT2D eigenvalue weighted by molar-refractivity contribution is 6.25. The first kappa shape index (κ1) is 12.2. The van der Waals surface area contributed by atoms with Gasteiger partial charge in [0, 0.05) is 18.1 Å². The molecule has 88 valence electrons. The van der Waals surface area contributed by atoms with Gasteiger partial charge in [-0.05, 0) is 23.3 Å². The largest absolute Gasteiger partial charge is 0.307 e. The maximum absolute atomic E-state index is 5.51. The molecule has 0 saturated heterocycles. The van der Waals surface area contributed by atoms with E-state index >= 15 is 0 Å². The fourth-order valence-corrected chi connectivity index (χ4v) is 2.12. The smallest absolute Gasteiger partial charge is 0.0300 e. The van der Waals surface area contributed by atoms with Crippen molar-refractivity contribution in [1.82, 2.24) is 5.32 Å². The van der Waals surface area contributed by atoms with Crippen molar-refractivity contribution in [3.8, 4) is 0 Å². The first-order valence-electron chi connectivity index (χ1n) is 5.79. The summed E-state index contributed by atoms with van der Waals surface area (Å²) in [6, 6.07) is 15.2. The average Bonchev–Trinajstić information content (AvgIpc) is 2.38. The van der Waals surface area contributed by atoms with Crippen LogP contribution in [-0.2, 0) is 0 Å². The quantitative estimate of drug-likeness (QED) is 0.850. The zero-order chi connectivity index (χ0) is 12.1. The van der Waals surface area contributed by atoms with Crippen LogP contribution in [0.3, 0.4) is 0 Å². The molecule has 2 heteroatoms. The molecule has 1 atom stereocenters. The van der Waals surface area contributed by atoms with Gasteiger partial charge in [-0.2, -0.15) is 0 Å². The number of fused-ring (bicyclic) bond motifs is 1. The van der Waals surface area contributed by atoms with Crippen LogP contribution in [-0.4, -0.2) is 6.54 Å². The minimum absolute atomic E-state index is 0.314. The molecule has 0 saturated carbocycles. The van der Waals surface area contributed by atoms with Crippen LogP contribution in [0.5, 0.6) is 0 Å². The highest BCUT2D eigenvalue weighted by Crippen LogP contribution is 2.23. The van der Waals surface area contributed by atoms with E-state index in [9.17, 15) is 0 Å². The predicted molar refractivity (Wildman–Crippen MR) is 75.4 cm³/mol. The Bertz CT molecular complexity index is 514. The summed E-state index contributed by atoms with van der Waals surface area (Å²) in [5.41, 5.74) is 2.87. The topological polar surface area (TPSA) is 12.0 Å². The summed E-state index contributed by atoms with van der Waals surface area (Å²) in [7, 11) is 0. The molecule has 0 fully saturated rings. The van der Waals surface area contributed by atoms with Crippen molar-refractivity contribution < 1.29 is 0 Å². The molecule has 0 spiro atoms. The molecule has 2 rings (SSSR count). The van der Waals surface area contributed by atoms with Gasteiger partial charge in [0.2, 0.25) is 0 Å². The van der Waals surface area contributed by atoms with Crippen LogP contribution >= 0.6 is 11.6 Å². The van der Waals surface area contributed by atoms with Crippen LogP contribution in [0.25, 0.3) is 10.8 Å². The Balaban J connectivity index is 2.28. The summed E-state index contributed by atoms with van der Waals surface area (Å²) < 4.78 is 0. The first-order chi connectivity index (χ1) is 8.33. The summed E-state index contributed by atoms with van der Waals surface area (Å²) in [5, 5.41) is 6.01. The van der Waals surface area contributed by atoms with E-state index in [1.165, 1.54) is 16.3 Å². The third-order valence-electron chi connectivity index (χ3n) is 2.92. The minimum Gasteiger partial charge on any atom is -0.307 e. The second-order valence-electron chi connectivity index (χ2n) is 4.06. The van der Waals surface area contributed by atoms with Crippen molar-refractivity contribution in [3.05, 3.63) is 59.6 Å². The summed E-state index contributed by atoms with van der Waals surface area (Å²) >= 11 is 5.51. The maximum Gasteiger partial charge on any atom is 0.0300 e. The summed E-state index contributed by atoms with van der Waals surface area (Å²) in [6.07, 6.45) is 1.91. The zero-order valence-electron chi connectivity index (χ0n) is 9.86. The molecule has 0 aliphatic heterocycles. The Hall–Kier alpha value is -1.31. The molecule has 0 bridgehead atoms. The van der Waals surface area contributed by atoms with E-state index < -0.39 is 0 Å². The lowest BCUT2D eigenvalue weighted by atomic mass is 10.00. The van der Waals surface area contributed by atoms with Crippen LogP contribution in [0.4, 0.5) is 0 Å². The van der Waals surface area contributed by atoms with E-state index in [1.54, 1.807) is 5.54 Å². The highest BCUT2D eigenvalue weighted by atomic mass is 35.5. The van der Waals surface area contributed by atoms with Crippen molar-refractivity contribution >= 4 is 22.4 Å². The van der Waals surface area contributed by atoms with E-state index in [1.807, 2.05) is 6.08 Å². The maximum atomic E-state index is 5.51. The second kappa shape index (κ2) is 5.85. The molecule has 2 aromatic rings. The number of halogens is 1. The van der Waals surface area contributed by atoms with Crippen LogP contribution in [0, 0.1) is 0 Å². The number of nitrogens with one attached hydrogen (secondary N) is 1. The fourth-order valence-electron chi connectivity index (χ4n) is 2.03. The van der Waals surface area contributed by atoms with E-state index in [-0.39, 0.29) is 0 Å². The standard InChI is InChI=1S/C15H16ClN/c1-12(17-11-5-10-16)14-9-4-7-13-6-2-3-8-15(13)14/h2-10,12,17H,11H2,1H3/b10-5+/t12-/m1/s1. The van der Waals surface area contributed by atoms with Gasteiger partial charge in [0.1, 0.15) is 0 Å². The SMILES string of the molecule is C[C@@H](NC/C=C/Cl)c1cccc2ccccc12. The molecular formula is C15H16ClN. The van der Waals surface area contributed by atoms with Gasteiger partial charge in [0.05, 0.1) is 0 Å². The van der Waals surface area contributed by atoms with Crippen LogP contribution in [0.15, 0.2) is 54.1 Å². The lowest BCUT2D eigenvalue weighted by molar-refractivity contribution is 0.622. The minimum atomic E-state index is 0.314. The van der Waals surface area contributed by atoms with E-state index in [4.69, 9.17) is 11.6 Å². The fraction of sp³-hybridized carbons (Fsp3) is 0.200. The van der Waals surface area contributed by atoms with Crippen molar-refractivity contribution in [3.63, 3.8) is 0 Å². The summed E-state index contributed by atoms with van der Waals surface area (Å²) in [4.78, 5) is 0. The lowest BCUT2D eigenvalue weighted by Gasteiger charge is -2.15. The monoisotopic (exact) mass is 245 g/mol. The molecule has 1 N–H and O–H groups in total. The van der Waals surface area contributed by atoms with Gasteiger partial charge < -0.3 is 5.32 Å². The van der Waals surface area contributed by atoms with Crippen molar-refractivity contribution in [2.45, 2.75) is 13.0 Å². The van der Waals surface area contributed by atoms with E-state index in [2.05, 4.69) is 54.7 Å². The molecule has 0 heterocycles. The van der Waals surface area contributed by atoms with Gasteiger partial charge in [-0.3, -0.25) is 0 Å². The van der Waals surface area contributed by atoms with Crippen LogP contribution < -0.4 is 5.32 Å². The first-order valence-corrected chi connectivity index (χ1v) is 6.23. The van der Waals surface area contributed by atoms with Crippen molar-refractivity contribution in [1.29, 1.82) is 0 Å². The van der Waals surface area contributed by atoms with E-state index in [0.29, 0.717) is 6.04 Å². The Labute approximate surface area is 107 Å². The molecule has 0 amide bonds. The van der Waals surface area contributed by atoms with Gasteiger partial charge in [-0.15, -0.1) is 0 Å². The normalized spacial score (nSPS) is 13.3. The van der Waals surface area contributed by atoms with E-state index in [0.717, 1.165) is 6.54 Å². The third-order valence-corrected chi connectivity index (χ3v) is 3.10. The van der Waals surface area contributed by atoms with Gasteiger partial charge in [-0.1, -0.05) is 60.1 Å². The number of rotatable bonds is 4. The summed E-state index contributed by atoms with van der Waals surface area (Å²) in [5.74, 6) is 0. The number of benzene rings is 2. The number of hydrogen-bond acceptors (Lipinski definition) is 1. The molecule has 0 aromatic heterocycles. The van der Waals surface area contributed by atoms with Gasteiger partial charge in [0.25, 0.3) is 0 Å². The number of hydrogen-bond donors (Lipinski definition) is 1. The Kier molecular flexibility index (Phi) is 4.18. The summed E-state index contributed by atoms with van der Waals surface area (Å²) in [6.45, 7) is 2.96. The van der Waals surface area contributed by atoms with Gasteiger partial charge >= 0.3 is 0 Å². The van der Waals surface area contributed by atoms with Crippen LogP contribution in [0.1, 0.15) is 18.5 Å². The van der Waals surface area contributed by atoms with Gasteiger partial charge in [0.15, 0.2) is 0 Å². The molecular weight excluding hydrogens is 230 g/mol. The predicted octanol–water partition coefficient (Wildman–Crippen LogP) is 4.24. The van der Waals surface area contributed by atoms with Gasteiger partial charge in [-0.25, -0.2) is 0 Å². The Morgan fingerprint density at radius 2 is 1.94 bits per heavy atom. The zero-order valence-corrected chi connectivity index (χ0v) is 10.6. The van der Waals surface area contributed by atoms with Crippen molar-refractivity contribution in [2.24, 2.45) is 0 Å². The van der Waals surface area contributed by atoms with Crippen molar-refractivity contribution in [2.75, 3.05) is 6.54 Å². The molecule has 1 nitrogen and oxygen atoms in total. The third kappa shape index (κ3) is 2.87. The molecule has 0 radical (unpaired) electrons. The highest BCUT2D eigenvalue weighted by Gasteiger charge is 2.07. The molecule has 17 heavy (non-hydrogen) atoms. The Morgan fingerprint density at radius 1 is 1.18 bits per heavy atom. The Morgan fingerprint density at radius 3 is 2.76 bits per heavy atom. The molecule has 0 aliphatic carbocycles. The molecule has 0 unspecified atom stereocenters.